The summed E-state index contributed by atoms with van der Waals surface area (Å²) >= 11 is 7.61. The van der Waals surface area contributed by atoms with Crippen LogP contribution in [0.1, 0.15) is 33.6 Å². The third-order valence-corrected chi connectivity index (χ3v) is 12.5. The van der Waals surface area contributed by atoms with Gasteiger partial charge in [-0.2, -0.15) is 0 Å². The molecule has 13 heteroatoms. The zero-order valence-electron chi connectivity index (χ0n) is 20.2. The summed E-state index contributed by atoms with van der Waals surface area (Å²) < 4.78 is 15.2. The molecule has 0 aromatic rings. The highest BCUT2D eigenvalue weighted by Crippen LogP contribution is 2.52. The van der Waals surface area contributed by atoms with Gasteiger partial charge in [0.15, 0.2) is 0 Å². The van der Waals surface area contributed by atoms with E-state index in [2.05, 4.69) is 5.32 Å². The topological polar surface area (TPSA) is 94.2 Å². The first kappa shape index (κ1) is 30.1. The quantitative estimate of drug-likeness (QED) is 0.388. The lowest BCUT2D eigenvalue weighted by Gasteiger charge is -2.27. The lowest BCUT2D eigenvalue weighted by Crippen LogP contribution is -2.44. The standard InChI is InChI=1S/C13H21NO4S2.C8H13NO2S2.ClH/c1-12(2,3)18-11(16)14-8-13(19-5-6-20-13)7-9(14)10(15)17-4;1-11-7(10)6-4-8(5-9-6)12-2-3-13-8;/h9H,5-8H2,1-4H3;6,9H,2-5H2,1H3;1H/t9-;6-;/m00./s1. The first-order valence-electron chi connectivity index (χ1n) is 11.0. The van der Waals surface area contributed by atoms with Gasteiger partial charge in [0, 0.05) is 42.5 Å². The Morgan fingerprint density at radius 1 is 0.882 bits per heavy atom. The van der Waals surface area contributed by atoms with Gasteiger partial charge in [0.2, 0.25) is 0 Å². The smallest absolute Gasteiger partial charge is 0.411 e. The van der Waals surface area contributed by atoms with Gasteiger partial charge in [-0.05, 0) is 27.2 Å². The van der Waals surface area contributed by atoms with Gasteiger partial charge in [-0.1, -0.05) is 0 Å². The average molecular weight is 575 g/mol. The van der Waals surface area contributed by atoms with Gasteiger partial charge < -0.3 is 19.5 Å². The van der Waals surface area contributed by atoms with Gasteiger partial charge in [0.1, 0.15) is 17.7 Å². The minimum atomic E-state index is -0.566. The largest absolute Gasteiger partial charge is 0.468 e. The Morgan fingerprint density at radius 3 is 1.91 bits per heavy atom. The molecular weight excluding hydrogens is 540 g/mol. The number of likely N-dealkylation sites (tertiary alicyclic amines) is 1. The van der Waals surface area contributed by atoms with Crippen molar-refractivity contribution in [3.05, 3.63) is 0 Å². The third kappa shape index (κ3) is 7.44. The molecule has 0 unspecified atom stereocenters. The van der Waals surface area contributed by atoms with Crippen LogP contribution < -0.4 is 5.32 Å². The molecule has 0 saturated carbocycles. The van der Waals surface area contributed by atoms with Crippen molar-refractivity contribution in [2.45, 2.75) is 59.5 Å². The number of nitrogens with zero attached hydrogens (tertiary/aromatic N) is 1. The Balaban J connectivity index is 0.000000253. The molecular formula is C21H35ClN2O6S4. The molecule has 4 aliphatic rings. The fourth-order valence-electron chi connectivity index (χ4n) is 4.16. The predicted molar refractivity (Wildman–Crippen MR) is 144 cm³/mol. The van der Waals surface area contributed by atoms with E-state index in [1.165, 1.54) is 30.6 Å². The number of thioether (sulfide) groups is 4. The lowest BCUT2D eigenvalue weighted by molar-refractivity contribution is -0.145. The van der Waals surface area contributed by atoms with Crippen LogP contribution in [-0.4, -0.2) is 99.1 Å². The first-order valence-corrected chi connectivity index (χ1v) is 14.9. The first-order chi connectivity index (χ1) is 15.5. The second kappa shape index (κ2) is 12.4. The maximum Gasteiger partial charge on any atom is 0.411 e. The van der Waals surface area contributed by atoms with Crippen molar-refractivity contribution in [2.75, 3.05) is 50.3 Å². The average Bonchev–Trinajstić information content (AvgIpc) is 3.56. The Bertz CT molecular complexity index is 741. The van der Waals surface area contributed by atoms with Gasteiger partial charge in [0.25, 0.3) is 0 Å². The van der Waals surface area contributed by atoms with Crippen LogP contribution in [0.5, 0.6) is 0 Å². The van der Waals surface area contributed by atoms with Gasteiger partial charge in [0.05, 0.1) is 22.4 Å². The molecule has 0 bridgehead atoms. The van der Waals surface area contributed by atoms with Gasteiger partial charge >= 0.3 is 18.0 Å². The molecule has 2 atom stereocenters. The number of ether oxygens (including phenoxy) is 3. The number of esters is 2. The summed E-state index contributed by atoms with van der Waals surface area (Å²) in [7, 11) is 2.81. The summed E-state index contributed by atoms with van der Waals surface area (Å²) in [5.74, 6) is 4.05. The number of halogens is 1. The number of carbonyl (C=O) groups is 3. The number of carbonyl (C=O) groups excluding carboxylic acids is 3. The number of hydrogen-bond acceptors (Lipinski definition) is 11. The molecule has 4 fully saturated rings. The zero-order chi connectivity index (χ0) is 24.3. The van der Waals surface area contributed by atoms with Crippen LogP contribution in [0.2, 0.25) is 0 Å². The molecule has 1 amide bonds. The van der Waals surface area contributed by atoms with Crippen LogP contribution in [0.25, 0.3) is 0 Å². The van der Waals surface area contributed by atoms with Gasteiger partial charge in [-0.25, -0.2) is 9.59 Å². The number of methoxy groups -OCH3 is 2. The number of amides is 1. The third-order valence-electron chi connectivity index (χ3n) is 5.64. The molecule has 196 valence electrons. The van der Waals surface area contributed by atoms with Crippen LogP contribution in [0.3, 0.4) is 0 Å². The van der Waals surface area contributed by atoms with Crippen LogP contribution in [0, 0.1) is 0 Å². The maximum absolute atomic E-state index is 12.3. The molecule has 4 aliphatic heterocycles. The van der Waals surface area contributed by atoms with E-state index in [9.17, 15) is 14.4 Å². The minimum Gasteiger partial charge on any atom is -0.468 e. The minimum absolute atomic E-state index is 0. The molecule has 0 aliphatic carbocycles. The molecule has 0 aromatic heterocycles. The van der Waals surface area contributed by atoms with E-state index in [1.54, 1.807) is 0 Å². The highest BCUT2D eigenvalue weighted by atomic mass is 35.5. The molecule has 0 aromatic carbocycles. The van der Waals surface area contributed by atoms with Crippen LogP contribution in [-0.2, 0) is 23.8 Å². The van der Waals surface area contributed by atoms with E-state index in [4.69, 9.17) is 14.2 Å². The Morgan fingerprint density at radius 2 is 1.41 bits per heavy atom. The summed E-state index contributed by atoms with van der Waals surface area (Å²) in [6.07, 6.45) is 1.11. The SMILES string of the molecule is COC(=O)[C@@H]1CC2(CN1)SCCS2.COC(=O)[C@@H]1CC2(CN1C(=O)OC(C)(C)C)SCCS2.Cl. The van der Waals surface area contributed by atoms with Crippen molar-refractivity contribution in [1.29, 1.82) is 0 Å². The predicted octanol–water partition coefficient (Wildman–Crippen LogP) is 3.46. The highest BCUT2D eigenvalue weighted by Gasteiger charge is 2.52. The van der Waals surface area contributed by atoms with Crippen molar-refractivity contribution in [2.24, 2.45) is 0 Å². The van der Waals surface area contributed by atoms with Crippen molar-refractivity contribution in [1.82, 2.24) is 10.2 Å². The Kier molecular flexibility index (Phi) is 11.0. The Hall–Kier alpha value is -0.140. The van der Waals surface area contributed by atoms with Crippen molar-refractivity contribution < 1.29 is 28.6 Å². The van der Waals surface area contributed by atoms with Crippen LogP contribution in [0.15, 0.2) is 0 Å². The molecule has 4 saturated heterocycles. The highest BCUT2D eigenvalue weighted by molar-refractivity contribution is 8.21. The van der Waals surface area contributed by atoms with E-state index in [0.717, 1.165) is 24.5 Å². The zero-order valence-corrected chi connectivity index (χ0v) is 24.3. The van der Waals surface area contributed by atoms with E-state index in [0.29, 0.717) is 13.0 Å². The Labute approximate surface area is 225 Å². The normalized spacial score (nSPS) is 26.6. The van der Waals surface area contributed by atoms with Crippen molar-refractivity contribution in [3.63, 3.8) is 0 Å². The van der Waals surface area contributed by atoms with E-state index < -0.39 is 17.7 Å². The number of rotatable bonds is 2. The second-order valence-electron chi connectivity index (χ2n) is 9.23. The summed E-state index contributed by atoms with van der Waals surface area (Å²) in [5.41, 5.74) is -0.566. The number of nitrogens with one attached hydrogen (secondary N) is 1. The summed E-state index contributed by atoms with van der Waals surface area (Å²) in [6, 6.07) is -0.615. The molecule has 1 N–H and O–H groups in total. The summed E-state index contributed by atoms with van der Waals surface area (Å²) in [4.78, 5) is 37.0. The summed E-state index contributed by atoms with van der Waals surface area (Å²) in [6.45, 7) is 6.94. The molecule has 4 heterocycles. The van der Waals surface area contributed by atoms with E-state index in [-0.39, 0.29) is 38.5 Å². The number of hydrogen-bond donors (Lipinski definition) is 1. The van der Waals surface area contributed by atoms with E-state index >= 15 is 0 Å². The molecule has 0 radical (unpaired) electrons. The fraction of sp³-hybridized carbons (Fsp3) is 0.857. The van der Waals surface area contributed by atoms with Crippen LogP contribution >= 0.6 is 59.5 Å². The van der Waals surface area contributed by atoms with Gasteiger partial charge in [-0.15, -0.1) is 59.5 Å². The molecule has 8 nitrogen and oxygen atoms in total. The lowest BCUT2D eigenvalue weighted by atomic mass is 10.2. The van der Waals surface area contributed by atoms with Crippen molar-refractivity contribution in [3.8, 4) is 0 Å². The maximum atomic E-state index is 12.3. The van der Waals surface area contributed by atoms with Gasteiger partial charge in [-0.3, -0.25) is 9.69 Å². The van der Waals surface area contributed by atoms with E-state index in [1.807, 2.05) is 67.8 Å². The monoisotopic (exact) mass is 574 g/mol. The van der Waals surface area contributed by atoms with Crippen molar-refractivity contribution >= 4 is 77.5 Å². The molecule has 4 rings (SSSR count). The molecule has 34 heavy (non-hydrogen) atoms. The van der Waals surface area contributed by atoms with Crippen LogP contribution in [0.4, 0.5) is 4.79 Å². The summed E-state index contributed by atoms with van der Waals surface area (Å²) in [5, 5.41) is 3.22. The molecule has 2 spiro atoms. The second-order valence-corrected chi connectivity index (χ2v) is 15.7. The fourth-order valence-corrected chi connectivity index (χ4v) is 10.6.